The molecule has 0 N–H and O–H groups in total. The Hall–Kier alpha value is -2.98. The molecule has 3 aromatic carbocycles. The van der Waals surface area contributed by atoms with Gasteiger partial charge in [-0.15, -0.1) is 0 Å². The third kappa shape index (κ3) is 3.21. The van der Waals surface area contributed by atoms with Gasteiger partial charge in [-0.1, -0.05) is 72.3 Å². The lowest BCUT2D eigenvalue weighted by Crippen LogP contribution is -2.36. The average molecular weight is 420 g/mol. The topological polar surface area (TPSA) is 38.8 Å². The van der Waals surface area contributed by atoms with Crippen LogP contribution in [-0.2, 0) is 5.79 Å². The standard InChI is InChI=1S/C25H22ClNO3/c26-21-17-23-22(16-20(21)24(28)27-14-8-3-9-15-27)29-25(30-23,18-10-4-1-5-11-18)19-12-6-2-7-13-19/h1-2,4-7,10-13,16-17H,3,8-9,14-15H2. The molecule has 2 aliphatic rings. The third-order valence-electron chi connectivity index (χ3n) is 5.72. The zero-order valence-electron chi connectivity index (χ0n) is 16.5. The highest BCUT2D eigenvalue weighted by Gasteiger charge is 2.46. The van der Waals surface area contributed by atoms with E-state index in [9.17, 15) is 4.79 Å². The van der Waals surface area contributed by atoms with Crippen LogP contribution < -0.4 is 9.47 Å². The Labute approximate surface area is 181 Å². The molecule has 5 heteroatoms. The first-order valence-electron chi connectivity index (χ1n) is 10.3. The number of hydrogen-bond acceptors (Lipinski definition) is 3. The van der Waals surface area contributed by atoms with Crippen LogP contribution in [0.2, 0.25) is 5.02 Å². The summed E-state index contributed by atoms with van der Waals surface area (Å²) < 4.78 is 12.8. The van der Waals surface area contributed by atoms with Crippen LogP contribution >= 0.6 is 11.6 Å². The third-order valence-corrected chi connectivity index (χ3v) is 6.03. The van der Waals surface area contributed by atoms with E-state index in [0.29, 0.717) is 22.1 Å². The Morgan fingerprint density at radius 3 is 1.90 bits per heavy atom. The van der Waals surface area contributed by atoms with E-state index in [1.807, 2.05) is 65.6 Å². The molecule has 0 radical (unpaired) electrons. The van der Waals surface area contributed by atoms with E-state index in [2.05, 4.69) is 0 Å². The van der Waals surface area contributed by atoms with Crippen molar-refractivity contribution in [1.29, 1.82) is 0 Å². The van der Waals surface area contributed by atoms with E-state index < -0.39 is 5.79 Å². The number of carbonyl (C=O) groups is 1. The fourth-order valence-corrected chi connectivity index (χ4v) is 4.41. The highest BCUT2D eigenvalue weighted by atomic mass is 35.5. The Kier molecular flexibility index (Phi) is 4.87. The minimum Gasteiger partial charge on any atom is -0.440 e. The maximum atomic E-state index is 13.1. The largest absolute Gasteiger partial charge is 0.440 e. The summed E-state index contributed by atoms with van der Waals surface area (Å²) in [6.45, 7) is 1.53. The number of likely N-dealkylation sites (tertiary alicyclic amines) is 1. The number of amides is 1. The molecule has 1 fully saturated rings. The molecule has 0 saturated carbocycles. The first-order valence-corrected chi connectivity index (χ1v) is 10.7. The van der Waals surface area contributed by atoms with Crippen LogP contribution in [0.1, 0.15) is 40.7 Å². The maximum Gasteiger partial charge on any atom is 0.305 e. The van der Waals surface area contributed by atoms with Gasteiger partial charge in [0.2, 0.25) is 0 Å². The van der Waals surface area contributed by atoms with Gasteiger partial charge in [0.25, 0.3) is 5.91 Å². The van der Waals surface area contributed by atoms with Gasteiger partial charge in [-0.05, 0) is 25.3 Å². The van der Waals surface area contributed by atoms with Gasteiger partial charge in [-0.3, -0.25) is 4.79 Å². The van der Waals surface area contributed by atoms with E-state index in [-0.39, 0.29) is 5.91 Å². The van der Waals surface area contributed by atoms with Crippen LogP contribution in [0.15, 0.2) is 72.8 Å². The molecular weight excluding hydrogens is 398 g/mol. The highest BCUT2D eigenvalue weighted by molar-refractivity contribution is 6.34. The van der Waals surface area contributed by atoms with Gasteiger partial charge in [0.1, 0.15) is 0 Å². The molecule has 0 atom stereocenters. The Morgan fingerprint density at radius 2 is 1.33 bits per heavy atom. The Morgan fingerprint density at radius 1 is 0.800 bits per heavy atom. The molecule has 1 saturated heterocycles. The van der Waals surface area contributed by atoms with Crippen molar-refractivity contribution in [3.63, 3.8) is 0 Å². The Balaban J connectivity index is 1.56. The summed E-state index contributed by atoms with van der Waals surface area (Å²) in [5.74, 6) is -0.126. The molecule has 0 bridgehead atoms. The molecule has 0 aliphatic carbocycles. The molecule has 0 aromatic heterocycles. The van der Waals surface area contributed by atoms with Gasteiger partial charge in [-0.2, -0.15) is 0 Å². The normalized spacial score (nSPS) is 17.0. The van der Waals surface area contributed by atoms with Crippen LogP contribution in [0.3, 0.4) is 0 Å². The summed E-state index contributed by atoms with van der Waals surface area (Å²) >= 11 is 6.52. The second-order valence-electron chi connectivity index (χ2n) is 7.68. The summed E-state index contributed by atoms with van der Waals surface area (Å²) in [6, 6.07) is 23.0. The van der Waals surface area contributed by atoms with Crippen LogP contribution in [0, 0.1) is 0 Å². The van der Waals surface area contributed by atoms with Crippen molar-refractivity contribution in [2.45, 2.75) is 25.0 Å². The number of carbonyl (C=O) groups excluding carboxylic acids is 1. The number of fused-ring (bicyclic) bond motifs is 1. The van der Waals surface area contributed by atoms with Crippen molar-refractivity contribution in [3.8, 4) is 11.5 Å². The number of hydrogen-bond donors (Lipinski definition) is 0. The van der Waals surface area contributed by atoms with Gasteiger partial charge < -0.3 is 14.4 Å². The van der Waals surface area contributed by atoms with Crippen molar-refractivity contribution in [2.24, 2.45) is 0 Å². The van der Waals surface area contributed by atoms with Crippen LogP contribution in [0.4, 0.5) is 0 Å². The number of halogens is 1. The van der Waals surface area contributed by atoms with Gasteiger partial charge in [0.15, 0.2) is 11.5 Å². The number of rotatable bonds is 3. The summed E-state index contributed by atoms with van der Waals surface area (Å²) in [4.78, 5) is 14.9. The van der Waals surface area contributed by atoms with Crippen LogP contribution in [0.25, 0.3) is 0 Å². The number of benzene rings is 3. The van der Waals surface area contributed by atoms with Crippen molar-refractivity contribution >= 4 is 17.5 Å². The van der Waals surface area contributed by atoms with Gasteiger partial charge >= 0.3 is 5.79 Å². The quantitative estimate of drug-likeness (QED) is 0.551. The summed E-state index contributed by atoms with van der Waals surface area (Å²) in [5, 5.41) is 0.379. The van der Waals surface area contributed by atoms with Crippen LogP contribution in [0.5, 0.6) is 11.5 Å². The fraction of sp³-hybridized carbons (Fsp3) is 0.240. The molecule has 0 spiro atoms. The lowest BCUT2D eigenvalue weighted by molar-refractivity contribution is -0.0459. The van der Waals surface area contributed by atoms with Crippen LogP contribution in [-0.4, -0.2) is 23.9 Å². The minimum absolute atomic E-state index is 0.0528. The summed E-state index contributed by atoms with van der Waals surface area (Å²) in [6.07, 6.45) is 3.22. The van der Waals surface area contributed by atoms with Gasteiger partial charge in [0.05, 0.1) is 10.6 Å². The van der Waals surface area contributed by atoms with E-state index in [0.717, 1.165) is 43.5 Å². The van der Waals surface area contributed by atoms with Crippen molar-refractivity contribution in [3.05, 3.63) is 94.5 Å². The number of ether oxygens (including phenoxy) is 2. The van der Waals surface area contributed by atoms with E-state index >= 15 is 0 Å². The lowest BCUT2D eigenvalue weighted by Gasteiger charge is -2.28. The highest BCUT2D eigenvalue weighted by Crippen LogP contribution is 2.49. The Bertz CT molecular complexity index is 1020. The molecule has 2 heterocycles. The first-order chi connectivity index (χ1) is 14.7. The first kappa shape index (κ1) is 19.0. The summed E-state index contributed by atoms with van der Waals surface area (Å²) in [7, 11) is 0. The van der Waals surface area contributed by atoms with Crippen molar-refractivity contribution < 1.29 is 14.3 Å². The smallest absolute Gasteiger partial charge is 0.305 e. The molecule has 152 valence electrons. The molecule has 5 rings (SSSR count). The maximum absolute atomic E-state index is 13.1. The predicted octanol–water partition coefficient (Wildman–Crippen LogP) is 5.64. The predicted molar refractivity (Wildman–Crippen MR) is 116 cm³/mol. The monoisotopic (exact) mass is 419 g/mol. The zero-order valence-corrected chi connectivity index (χ0v) is 17.3. The SMILES string of the molecule is O=C(c1cc2c(cc1Cl)OC(c1ccccc1)(c1ccccc1)O2)N1CCCCC1. The zero-order chi connectivity index (χ0) is 20.6. The minimum atomic E-state index is -1.12. The van der Waals surface area contributed by atoms with Gasteiger partial charge in [-0.25, -0.2) is 0 Å². The second-order valence-corrected chi connectivity index (χ2v) is 8.09. The van der Waals surface area contributed by atoms with E-state index in [1.165, 1.54) is 0 Å². The molecular formula is C25H22ClNO3. The molecule has 0 unspecified atom stereocenters. The molecule has 30 heavy (non-hydrogen) atoms. The average Bonchev–Trinajstić information content (AvgIpc) is 3.19. The van der Waals surface area contributed by atoms with E-state index in [1.54, 1.807) is 12.1 Å². The lowest BCUT2D eigenvalue weighted by atomic mass is 9.97. The molecule has 1 amide bonds. The van der Waals surface area contributed by atoms with E-state index in [4.69, 9.17) is 21.1 Å². The second kappa shape index (κ2) is 7.69. The van der Waals surface area contributed by atoms with Crippen molar-refractivity contribution in [2.75, 3.05) is 13.1 Å². The number of piperidine rings is 1. The van der Waals surface area contributed by atoms with Gasteiger partial charge in [0, 0.05) is 30.3 Å². The molecule has 4 nitrogen and oxygen atoms in total. The number of nitrogens with zero attached hydrogens (tertiary/aromatic N) is 1. The van der Waals surface area contributed by atoms with Crippen molar-refractivity contribution in [1.82, 2.24) is 4.90 Å². The molecule has 3 aromatic rings. The summed E-state index contributed by atoms with van der Waals surface area (Å²) in [5.41, 5.74) is 2.19. The fourth-order valence-electron chi connectivity index (χ4n) is 4.17. The molecule has 2 aliphatic heterocycles.